The lowest BCUT2D eigenvalue weighted by Crippen LogP contribution is -2.47. The number of benzene rings is 2. The fraction of sp³-hybridized carbons (Fsp3) is 0.650. The molecule has 51 heavy (non-hydrogen) atoms. The second kappa shape index (κ2) is 17.3. The molecule has 1 saturated carbocycles. The zero-order chi connectivity index (χ0) is 36.0. The number of piperidine rings is 2. The normalized spacial score (nSPS) is 24.2. The van der Waals surface area contributed by atoms with E-state index in [0.29, 0.717) is 43.4 Å². The van der Waals surface area contributed by atoms with Gasteiger partial charge in [0, 0.05) is 37.7 Å². The summed E-state index contributed by atoms with van der Waals surface area (Å²) in [4.78, 5) is 28.4. The number of phenols is 1. The highest BCUT2D eigenvalue weighted by atomic mass is 35.5. The molecular weight excluding hydrogens is 679 g/mol. The first kappa shape index (κ1) is 37.9. The van der Waals surface area contributed by atoms with Crippen LogP contribution in [0.1, 0.15) is 93.7 Å². The molecule has 2 saturated heterocycles. The maximum absolute atomic E-state index is 13.9. The summed E-state index contributed by atoms with van der Waals surface area (Å²) in [5.74, 6) is 1.43. The van der Waals surface area contributed by atoms with Gasteiger partial charge in [0.05, 0.1) is 10.6 Å². The number of aromatic hydroxyl groups is 1. The summed E-state index contributed by atoms with van der Waals surface area (Å²) in [5, 5.41) is 16.1. The van der Waals surface area contributed by atoms with Crippen molar-refractivity contribution in [3.63, 3.8) is 0 Å². The van der Waals surface area contributed by atoms with Gasteiger partial charge in [-0.1, -0.05) is 55.5 Å². The molecule has 6 rings (SSSR count). The Hall–Kier alpha value is -2.82. The van der Waals surface area contributed by atoms with E-state index >= 15 is 0 Å². The van der Waals surface area contributed by atoms with Crippen LogP contribution in [-0.4, -0.2) is 60.7 Å². The van der Waals surface area contributed by atoms with Crippen LogP contribution >= 0.6 is 11.6 Å². The predicted octanol–water partition coefficient (Wildman–Crippen LogP) is 8.41. The van der Waals surface area contributed by atoms with Crippen LogP contribution in [0.2, 0.25) is 5.02 Å². The molecule has 1 unspecified atom stereocenters. The van der Waals surface area contributed by atoms with E-state index in [4.69, 9.17) is 16.3 Å². The quantitative estimate of drug-likeness (QED) is 0.191. The van der Waals surface area contributed by atoms with Crippen LogP contribution in [0.4, 0.5) is 18.9 Å². The van der Waals surface area contributed by atoms with E-state index < -0.39 is 28.6 Å². The molecule has 2 atom stereocenters. The molecule has 2 aromatic rings. The third-order valence-electron chi connectivity index (χ3n) is 12.1. The molecule has 2 amide bonds. The van der Waals surface area contributed by atoms with Crippen LogP contribution in [0, 0.1) is 29.6 Å². The average Bonchev–Trinajstić information content (AvgIpc) is 3.13. The molecule has 3 fully saturated rings. The summed E-state index contributed by atoms with van der Waals surface area (Å²) in [6.07, 6.45) is 7.48. The van der Waals surface area contributed by atoms with Crippen molar-refractivity contribution in [3.8, 4) is 5.75 Å². The second-order valence-corrected chi connectivity index (χ2v) is 15.8. The Labute approximate surface area is 305 Å². The molecule has 280 valence electrons. The molecular formula is C40H53ClF3N3O4. The summed E-state index contributed by atoms with van der Waals surface area (Å²) in [7, 11) is 0. The Morgan fingerprint density at radius 2 is 1.61 bits per heavy atom. The number of amides is 2. The topological polar surface area (TPSA) is 90.9 Å². The highest BCUT2D eigenvalue weighted by molar-refractivity contribution is 6.32. The van der Waals surface area contributed by atoms with Crippen molar-refractivity contribution in [2.75, 3.05) is 38.1 Å². The van der Waals surface area contributed by atoms with E-state index in [1.54, 1.807) is 0 Å². The van der Waals surface area contributed by atoms with Crippen molar-refractivity contribution in [2.45, 2.75) is 102 Å². The third-order valence-corrected chi connectivity index (χ3v) is 12.4. The zero-order valence-corrected chi connectivity index (χ0v) is 30.3. The highest BCUT2D eigenvalue weighted by Crippen LogP contribution is 2.41. The lowest BCUT2D eigenvalue weighted by atomic mass is 9.77. The third kappa shape index (κ3) is 9.99. The summed E-state index contributed by atoms with van der Waals surface area (Å²) < 4.78 is 47.3. The van der Waals surface area contributed by atoms with Gasteiger partial charge in [-0.25, -0.2) is 0 Å². The molecule has 1 aliphatic carbocycles. The predicted molar refractivity (Wildman–Crippen MR) is 193 cm³/mol. The molecule has 4 aliphatic rings. The Balaban J connectivity index is 0.987. The number of likely N-dealkylation sites (tertiary alicyclic amines) is 1. The average molecular weight is 732 g/mol. The number of para-hydroxylation sites is 1. The Morgan fingerprint density at radius 3 is 2.31 bits per heavy atom. The number of carbonyl (C=O) groups is 2. The van der Waals surface area contributed by atoms with Gasteiger partial charge < -0.3 is 25.4 Å². The lowest BCUT2D eigenvalue weighted by molar-refractivity contribution is -0.145. The number of alkyl halides is 3. The fourth-order valence-corrected chi connectivity index (χ4v) is 9.26. The molecule has 11 heteroatoms. The number of fused-ring (bicyclic) bond motifs is 1. The van der Waals surface area contributed by atoms with E-state index in [1.807, 2.05) is 23.1 Å². The van der Waals surface area contributed by atoms with Gasteiger partial charge in [0.2, 0.25) is 5.91 Å². The van der Waals surface area contributed by atoms with Crippen molar-refractivity contribution in [2.24, 2.45) is 29.6 Å². The van der Waals surface area contributed by atoms with Gasteiger partial charge in [-0.2, -0.15) is 13.2 Å². The Morgan fingerprint density at radius 1 is 0.941 bits per heavy atom. The molecule has 0 spiro atoms. The van der Waals surface area contributed by atoms with Crippen LogP contribution in [0.5, 0.6) is 5.75 Å². The number of hydrogen-bond donors (Lipinski definition) is 3. The maximum Gasteiger partial charge on any atom is 0.420 e. The number of ether oxygens (including phenoxy) is 1. The minimum Gasteiger partial charge on any atom is -0.506 e. The zero-order valence-electron chi connectivity index (χ0n) is 29.5. The summed E-state index contributed by atoms with van der Waals surface area (Å²) >= 11 is 6.03. The fourth-order valence-electron chi connectivity index (χ4n) is 9.02. The molecule has 0 bridgehead atoms. The van der Waals surface area contributed by atoms with Gasteiger partial charge in [0.25, 0.3) is 5.91 Å². The molecule has 3 aliphatic heterocycles. The summed E-state index contributed by atoms with van der Waals surface area (Å²) in [5.41, 5.74) is 1.15. The molecule has 0 radical (unpaired) electrons. The smallest absolute Gasteiger partial charge is 0.420 e. The van der Waals surface area contributed by atoms with Crippen LogP contribution in [0.25, 0.3) is 0 Å². The molecule has 7 nitrogen and oxygen atoms in total. The minimum absolute atomic E-state index is 0.0314. The van der Waals surface area contributed by atoms with E-state index in [9.17, 15) is 27.9 Å². The number of phenolic OH excluding ortho intramolecular Hbond substituents is 1. The Bertz CT molecular complexity index is 1480. The molecule has 3 heterocycles. The van der Waals surface area contributed by atoms with Gasteiger partial charge in [-0.05, 0) is 124 Å². The van der Waals surface area contributed by atoms with Crippen LogP contribution in [-0.2, 0) is 33.3 Å². The van der Waals surface area contributed by atoms with Crippen molar-refractivity contribution in [3.05, 3.63) is 58.1 Å². The highest BCUT2D eigenvalue weighted by Gasteiger charge is 2.37. The molecule has 0 aromatic heterocycles. The number of rotatable bonds is 12. The number of carbonyl (C=O) groups excluding carboxylic acids is 2. The first-order valence-electron chi connectivity index (χ1n) is 19.1. The number of nitrogens with one attached hydrogen (secondary N) is 2. The first-order valence-corrected chi connectivity index (χ1v) is 19.5. The van der Waals surface area contributed by atoms with Crippen LogP contribution in [0.3, 0.4) is 0 Å². The van der Waals surface area contributed by atoms with E-state index in [-0.39, 0.29) is 29.7 Å². The van der Waals surface area contributed by atoms with Crippen molar-refractivity contribution < 1.29 is 32.6 Å². The van der Waals surface area contributed by atoms with Gasteiger partial charge >= 0.3 is 6.18 Å². The number of halogens is 4. The van der Waals surface area contributed by atoms with E-state index in [1.165, 1.54) is 11.6 Å². The van der Waals surface area contributed by atoms with Crippen molar-refractivity contribution >= 4 is 29.1 Å². The second-order valence-electron chi connectivity index (χ2n) is 15.4. The van der Waals surface area contributed by atoms with Gasteiger partial charge in [0.1, 0.15) is 11.9 Å². The largest absolute Gasteiger partial charge is 0.506 e. The molecule has 2 aromatic carbocycles. The lowest BCUT2D eigenvalue weighted by Gasteiger charge is -2.39. The van der Waals surface area contributed by atoms with Crippen molar-refractivity contribution in [1.29, 1.82) is 0 Å². The van der Waals surface area contributed by atoms with Gasteiger partial charge in [0.15, 0.2) is 0 Å². The number of hydrogen-bond acceptors (Lipinski definition) is 5. The first-order chi connectivity index (χ1) is 24.5. The van der Waals surface area contributed by atoms with E-state index in [0.717, 1.165) is 108 Å². The van der Waals surface area contributed by atoms with Gasteiger partial charge in [-0.3, -0.25) is 9.59 Å². The van der Waals surface area contributed by atoms with E-state index in [2.05, 4.69) is 16.7 Å². The SMILES string of the molecule is O=C1Nc2ccccc2CC1CCC1CCC(CCCO[C@H](Cc2cc(Cl)c(O)c(C(F)(F)F)c2)C(=O)N2CCC(C3CCNCC3)CC2)CC1. The van der Waals surface area contributed by atoms with Crippen LogP contribution in [0.15, 0.2) is 36.4 Å². The number of anilines is 1. The molecule has 3 N–H and O–H groups in total. The summed E-state index contributed by atoms with van der Waals surface area (Å²) in [6, 6.07) is 10.2. The standard InChI is InChI=1S/C40H53ClF3N3O4/c41-34-23-28(22-33(37(34)48)40(42,43)44)24-36(39(50)47-19-15-30(16-20-47)29-13-17-45-18-14-29)51-21-3-4-26-7-9-27(10-8-26)11-12-32-25-31-5-1-2-6-35(31)46-38(32)49/h1-2,5-6,22-23,26-27,29-30,32,36,45,48H,3-4,7-21,24-25H2,(H,46,49)/t26?,27?,32?,36-/m1/s1. The Kier molecular flexibility index (Phi) is 12.9. The van der Waals surface area contributed by atoms with Gasteiger partial charge in [-0.15, -0.1) is 0 Å². The maximum atomic E-state index is 13.9. The minimum atomic E-state index is -4.78. The van der Waals surface area contributed by atoms with Crippen molar-refractivity contribution in [1.82, 2.24) is 10.2 Å². The van der Waals surface area contributed by atoms with Crippen LogP contribution < -0.4 is 10.6 Å². The number of nitrogens with zero attached hydrogens (tertiary/aromatic N) is 1. The monoisotopic (exact) mass is 731 g/mol. The summed E-state index contributed by atoms with van der Waals surface area (Å²) in [6.45, 7) is 3.66.